The van der Waals surface area contributed by atoms with E-state index >= 15 is 0 Å². The van der Waals surface area contributed by atoms with Crippen molar-refractivity contribution < 1.29 is 4.79 Å². The molecule has 0 bridgehead atoms. The predicted octanol–water partition coefficient (Wildman–Crippen LogP) is 5.33. The molecule has 0 unspecified atom stereocenters. The Labute approximate surface area is 207 Å². The van der Waals surface area contributed by atoms with Crippen molar-refractivity contribution in [1.29, 1.82) is 0 Å². The van der Waals surface area contributed by atoms with Crippen molar-refractivity contribution in [2.24, 2.45) is 5.10 Å². The van der Waals surface area contributed by atoms with E-state index in [1.54, 1.807) is 22.3 Å². The summed E-state index contributed by atoms with van der Waals surface area (Å²) in [5, 5.41) is 4.45. The number of nitrogens with one attached hydrogen (secondary N) is 1. The Balaban J connectivity index is 1.51. The second kappa shape index (κ2) is 12.5. The van der Waals surface area contributed by atoms with Gasteiger partial charge in [-0.05, 0) is 60.3 Å². The summed E-state index contributed by atoms with van der Waals surface area (Å²) in [4.78, 5) is 26.3. The first-order valence-corrected chi connectivity index (χ1v) is 12.4. The average molecular weight is 487 g/mol. The molecule has 4 aromatic rings. The molecule has 0 aliphatic rings. The Morgan fingerprint density at radius 3 is 1.82 bits per heavy atom. The molecule has 0 aliphatic carbocycles. The van der Waals surface area contributed by atoms with Crippen LogP contribution in [0.5, 0.6) is 0 Å². The summed E-state index contributed by atoms with van der Waals surface area (Å²) in [5.74, 6) is 1.08. The molecule has 2 amide bonds. The second-order valence-corrected chi connectivity index (χ2v) is 8.96. The maximum absolute atomic E-state index is 13.2. The maximum atomic E-state index is 13.2. The minimum absolute atomic E-state index is 0.355. The lowest BCUT2D eigenvalue weighted by atomic mass is 10.1. The summed E-state index contributed by atoms with van der Waals surface area (Å²) in [6.45, 7) is 0. The number of urea groups is 1. The van der Waals surface area contributed by atoms with Crippen molar-refractivity contribution in [2.45, 2.75) is 11.5 Å². The van der Waals surface area contributed by atoms with Crippen LogP contribution in [-0.4, -0.2) is 30.4 Å². The Bertz CT molecular complexity index is 1110. The van der Waals surface area contributed by atoms with Crippen molar-refractivity contribution in [1.82, 2.24) is 24.1 Å². The lowest BCUT2D eigenvalue weighted by molar-refractivity contribution is 0.239. The number of nitrogens with zero attached hydrogens (tertiary/aromatic N) is 5. The van der Waals surface area contributed by atoms with Crippen LogP contribution in [0.1, 0.15) is 22.6 Å². The van der Waals surface area contributed by atoms with Gasteiger partial charge in [-0.3, -0.25) is 15.0 Å². The number of pyridine rings is 3. The Kier molecular flexibility index (Phi) is 8.64. The average Bonchev–Trinajstić information content (AvgIpc) is 2.91. The summed E-state index contributed by atoms with van der Waals surface area (Å²) in [6.07, 6.45) is 5.18. The van der Waals surface area contributed by atoms with Crippen molar-refractivity contribution in [3.63, 3.8) is 0 Å². The number of rotatable bonds is 9. The van der Waals surface area contributed by atoms with Gasteiger partial charge in [0.15, 0.2) is 0 Å². The second-order valence-electron chi connectivity index (χ2n) is 6.90. The molecular weight excluding hydrogens is 464 g/mol. The van der Waals surface area contributed by atoms with Crippen molar-refractivity contribution >= 4 is 35.6 Å². The fourth-order valence-electron chi connectivity index (χ4n) is 2.88. The molecule has 3 heterocycles. The number of hydrogen-bond donors (Lipinski definition) is 1. The highest BCUT2D eigenvalue weighted by molar-refractivity contribution is 8.12. The molecule has 0 aliphatic heterocycles. The SMILES string of the molecule is O=C(N/N=C(\c1ccccc1)c1ccccn1)N(SCc1ccccn1)SCc1ccccn1. The fraction of sp³-hybridized carbons (Fsp3) is 0.0800. The van der Waals surface area contributed by atoms with E-state index in [0.717, 1.165) is 17.0 Å². The number of carbonyl (C=O) groups is 1. The highest BCUT2D eigenvalue weighted by Gasteiger charge is 2.17. The van der Waals surface area contributed by atoms with Gasteiger partial charge in [0.2, 0.25) is 0 Å². The standard InChI is InChI=1S/C25H22N6OS2/c32-25(30-29-24(20-10-2-1-3-11-20)23-14-6-9-17-28-23)31(33-18-21-12-4-7-15-26-21)34-19-22-13-5-8-16-27-22/h1-17H,18-19H2,(H,30,32)/b29-24+. The van der Waals surface area contributed by atoms with Gasteiger partial charge >= 0.3 is 6.03 Å². The molecule has 0 fully saturated rings. The van der Waals surface area contributed by atoms with Gasteiger partial charge in [0, 0.05) is 24.2 Å². The Morgan fingerprint density at radius 2 is 1.29 bits per heavy atom. The summed E-state index contributed by atoms with van der Waals surface area (Å²) < 4.78 is 1.58. The van der Waals surface area contributed by atoms with E-state index in [1.165, 1.54) is 23.9 Å². The fourth-order valence-corrected chi connectivity index (χ4v) is 4.66. The summed E-state index contributed by atoms with van der Waals surface area (Å²) in [6, 6.07) is 26.3. The van der Waals surface area contributed by atoms with E-state index in [-0.39, 0.29) is 6.03 Å². The van der Waals surface area contributed by atoms with E-state index in [9.17, 15) is 4.79 Å². The van der Waals surface area contributed by atoms with E-state index in [4.69, 9.17) is 0 Å². The molecule has 0 radical (unpaired) electrons. The van der Waals surface area contributed by atoms with E-state index in [1.807, 2.05) is 84.9 Å². The first kappa shape index (κ1) is 23.5. The first-order chi connectivity index (χ1) is 16.8. The van der Waals surface area contributed by atoms with Crippen molar-refractivity contribution in [3.05, 3.63) is 126 Å². The quantitative estimate of drug-likeness (QED) is 0.196. The zero-order valence-corrected chi connectivity index (χ0v) is 19.8. The minimum Gasteiger partial charge on any atom is -0.260 e. The zero-order chi connectivity index (χ0) is 23.4. The van der Waals surface area contributed by atoms with Crippen LogP contribution >= 0.6 is 23.9 Å². The molecule has 1 N–H and O–H groups in total. The van der Waals surface area contributed by atoms with Gasteiger partial charge < -0.3 is 0 Å². The normalized spacial score (nSPS) is 11.1. The topological polar surface area (TPSA) is 83.4 Å². The Morgan fingerprint density at radius 1 is 0.735 bits per heavy atom. The summed E-state index contributed by atoms with van der Waals surface area (Å²) in [7, 11) is 0. The molecule has 0 saturated heterocycles. The maximum Gasteiger partial charge on any atom is 0.358 e. The van der Waals surface area contributed by atoms with Crippen LogP contribution < -0.4 is 5.43 Å². The van der Waals surface area contributed by atoms with Crippen LogP contribution in [0, 0.1) is 0 Å². The molecule has 0 spiro atoms. The lowest BCUT2D eigenvalue weighted by Gasteiger charge is -2.19. The first-order valence-electron chi connectivity index (χ1n) is 10.5. The minimum atomic E-state index is -0.355. The molecule has 3 aromatic heterocycles. The van der Waals surface area contributed by atoms with Crippen LogP contribution in [0.3, 0.4) is 0 Å². The van der Waals surface area contributed by atoms with Crippen LogP contribution in [0.25, 0.3) is 0 Å². The van der Waals surface area contributed by atoms with Crippen LogP contribution in [-0.2, 0) is 11.5 Å². The number of benzene rings is 1. The van der Waals surface area contributed by atoms with Crippen LogP contribution in [0.15, 0.2) is 109 Å². The Hall–Kier alpha value is -3.69. The number of aromatic nitrogens is 3. The van der Waals surface area contributed by atoms with Crippen LogP contribution in [0.4, 0.5) is 4.79 Å². The molecular formula is C25H22N6OS2. The van der Waals surface area contributed by atoms with Crippen molar-refractivity contribution in [3.8, 4) is 0 Å². The number of hydrogen-bond acceptors (Lipinski definition) is 7. The third-order valence-electron chi connectivity index (χ3n) is 4.50. The van der Waals surface area contributed by atoms with E-state index in [2.05, 4.69) is 25.5 Å². The third-order valence-corrected chi connectivity index (χ3v) is 6.78. The largest absolute Gasteiger partial charge is 0.358 e. The molecule has 9 heteroatoms. The van der Waals surface area contributed by atoms with Crippen LogP contribution in [0.2, 0.25) is 0 Å². The molecule has 34 heavy (non-hydrogen) atoms. The lowest BCUT2D eigenvalue weighted by Crippen LogP contribution is -2.29. The highest BCUT2D eigenvalue weighted by atomic mass is 32.2. The molecule has 170 valence electrons. The monoisotopic (exact) mass is 486 g/mol. The number of carbonyl (C=O) groups excluding carboxylic acids is 1. The zero-order valence-electron chi connectivity index (χ0n) is 18.2. The summed E-state index contributed by atoms with van der Waals surface area (Å²) in [5.41, 5.74) is 6.57. The molecule has 1 aromatic carbocycles. The van der Waals surface area contributed by atoms with Crippen molar-refractivity contribution in [2.75, 3.05) is 0 Å². The van der Waals surface area contributed by atoms with Gasteiger partial charge in [-0.15, -0.1) is 0 Å². The van der Waals surface area contributed by atoms with Gasteiger partial charge in [-0.25, -0.2) is 13.9 Å². The van der Waals surface area contributed by atoms with E-state index in [0.29, 0.717) is 22.9 Å². The van der Waals surface area contributed by atoms with Gasteiger partial charge in [0.25, 0.3) is 0 Å². The van der Waals surface area contributed by atoms with Gasteiger partial charge in [0.1, 0.15) is 5.71 Å². The molecule has 4 rings (SSSR count). The third kappa shape index (κ3) is 6.90. The van der Waals surface area contributed by atoms with Gasteiger partial charge in [0.05, 0.1) is 28.6 Å². The van der Waals surface area contributed by atoms with E-state index < -0.39 is 0 Å². The number of hydrazone groups is 1. The molecule has 7 nitrogen and oxygen atoms in total. The smallest absolute Gasteiger partial charge is 0.260 e. The predicted molar refractivity (Wildman–Crippen MR) is 138 cm³/mol. The van der Waals surface area contributed by atoms with Gasteiger partial charge in [-0.1, -0.05) is 48.5 Å². The summed E-state index contributed by atoms with van der Waals surface area (Å²) >= 11 is 2.71. The molecule has 0 saturated carbocycles. The number of amides is 2. The highest BCUT2D eigenvalue weighted by Crippen LogP contribution is 2.27. The molecule has 0 atom stereocenters. The van der Waals surface area contributed by atoms with Gasteiger partial charge in [-0.2, -0.15) is 5.10 Å².